The van der Waals surface area contributed by atoms with Gasteiger partial charge in [0.05, 0.1) is 18.8 Å². The molecule has 4 nitrogen and oxygen atoms in total. The molecule has 4 rings (SSSR count). The lowest BCUT2D eigenvalue weighted by atomic mass is 9.95. The number of ether oxygens (including phenoxy) is 2. The summed E-state index contributed by atoms with van der Waals surface area (Å²) >= 11 is 0. The standard InChI is InChI=1S/C17H21NO3/c1-11-3-2-6-18(10-11)17(19)15-13-5-8-20-14(13)9-12-4-7-21-16(12)15/h9,11H,2-8,10H2,1H3. The monoisotopic (exact) mass is 287 g/mol. The van der Waals surface area contributed by atoms with E-state index in [4.69, 9.17) is 9.47 Å². The van der Waals surface area contributed by atoms with Crippen molar-refractivity contribution in [3.63, 3.8) is 0 Å². The molecule has 21 heavy (non-hydrogen) atoms. The summed E-state index contributed by atoms with van der Waals surface area (Å²) in [7, 11) is 0. The normalized spacial score (nSPS) is 23.3. The lowest BCUT2D eigenvalue weighted by Gasteiger charge is -2.31. The summed E-state index contributed by atoms with van der Waals surface area (Å²) < 4.78 is 11.5. The number of piperidine rings is 1. The molecule has 1 atom stereocenters. The van der Waals surface area contributed by atoms with Gasteiger partial charge < -0.3 is 14.4 Å². The maximum Gasteiger partial charge on any atom is 0.258 e. The van der Waals surface area contributed by atoms with Crippen LogP contribution in [0.1, 0.15) is 41.3 Å². The van der Waals surface area contributed by atoms with Crippen LogP contribution in [0.25, 0.3) is 0 Å². The topological polar surface area (TPSA) is 38.8 Å². The van der Waals surface area contributed by atoms with E-state index in [0.29, 0.717) is 19.1 Å². The predicted octanol–water partition coefficient (Wildman–Crippen LogP) is 2.43. The van der Waals surface area contributed by atoms with Gasteiger partial charge in [-0.3, -0.25) is 4.79 Å². The number of hydrogen-bond acceptors (Lipinski definition) is 3. The fourth-order valence-electron chi connectivity index (χ4n) is 3.74. The maximum atomic E-state index is 13.1. The Balaban J connectivity index is 1.76. The first-order valence-electron chi connectivity index (χ1n) is 7.97. The van der Waals surface area contributed by atoms with Gasteiger partial charge in [-0.15, -0.1) is 0 Å². The minimum Gasteiger partial charge on any atom is -0.493 e. The van der Waals surface area contributed by atoms with Crippen molar-refractivity contribution in [3.8, 4) is 11.5 Å². The van der Waals surface area contributed by atoms with E-state index in [1.807, 2.05) is 4.90 Å². The summed E-state index contributed by atoms with van der Waals surface area (Å²) in [4.78, 5) is 15.1. The fourth-order valence-corrected chi connectivity index (χ4v) is 3.74. The van der Waals surface area contributed by atoms with Crippen molar-refractivity contribution >= 4 is 5.91 Å². The van der Waals surface area contributed by atoms with E-state index < -0.39 is 0 Å². The van der Waals surface area contributed by atoms with Gasteiger partial charge in [0.25, 0.3) is 5.91 Å². The lowest BCUT2D eigenvalue weighted by Crippen LogP contribution is -2.39. The number of hydrogen-bond donors (Lipinski definition) is 0. The lowest BCUT2D eigenvalue weighted by molar-refractivity contribution is 0.0678. The molecule has 0 N–H and O–H groups in total. The Morgan fingerprint density at radius 2 is 2.14 bits per heavy atom. The van der Waals surface area contributed by atoms with Gasteiger partial charge in [-0.05, 0) is 24.8 Å². The van der Waals surface area contributed by atoms with Crippen LogP contribution in [0.2, 0.25) is 0 Å². The summed E-state index contributed by atoms with van der Waals surface area (Å²) in [5, 5.41) is 0. The molecule has 112 valence electrons. The molecule has 1 aromatic carbocycles. The fraction of sp³-hybridized carbons (Fsp3) is 0.588. The first kappa shape index (κ1) is 13.0. The van der Waals surface area contributed by atoms with Crippen molar-refractivity contribution in [2.45, 2.75) is 32.6 Å². The Morgan fingerprint density at radius 3 is 3.00 bits per heavy atom. The molecule has 3 heterocycles. The van der Waals surface area contributed by atoms with E-state index >= 15 is 0 Å². The first-order chi connectivity index (χ1) is 10.2. The maximum absolute atomic E-state index is 13.1. The second-order valence-corrected chi connectivity index (χ2v) is 6.41. The number of carbonyl (C=O) groups is 1. The van der Waals surface area contributed by atoms with Gasteiger partial charge in [0.15, 0.2) is 0 Å². The molecule has 1 saturated heterocycles. The Hall–Kier alpha value is -1.71. The van der Waals surface area contributed by atoms with E-state index in [2.05, 4.69) is 13.0 Å². The number of likely N-dealkylation sites (tertiary alicyclic amines) is 1. The van der Waals surface area contributed by atoms with Gasteiger partial charge in [-0.2, -0.15) is 0 Å². The van der Waals surface area contributed by atoms with Crippen molar-refractivity contribution < 1.29 is 14.3 Å². The first-order valence-corrected chi connectivity index (χ1v) is 7.97. The molecular formula is C17H21NO3. The highest BCUT2D eigenvalue weighted by Crippen LogP contribution is 2.41. The van der Waals surface area contributed by atoms with Crippen LogP contribution in [0.15, 0.2) is 6.07 Å². The van der Waals surface area contributed by atoms with Gasteiger partial charge >= 0.3 is 0 Å². The van der Waals surface area contributed by atoms with E-state index in [1.165, 1.54) is 6.42 Å². The third-order valence-corrected chi connectivity index (χ3v) is 4.81. The third kappa shape index (κ3) is 2.08. The molecule has 1 fully saturated rings. The highest BCUT2D eigenvalue weighted by atomic mass is 16.5. The van der Waals surface area contributed by atoms with Gasteiger partial charge in [-0.25, -0.2) is 0 Å². The Bertz CT molecular complexity index is 564. The van der Waals surface area contributed by atoms with Gasteiger partial charge in [0.1, 0.15) is 11.5 Å². The zero-order chi connectivity index (χ0) is 14.4. The van der Waals surface area contributed by atoms with Crippen molar-refractivity contribution in [2.24, 2.45) is 5.92 Å². The minimum atomic E-state index is 0.141. The van der Waals surface area contributed by atoms with E-state index in [1.54, 1.807) is 0 Å². The second kappa shape index (κ2) is 4.93. The zero-order valence-corrected chi connectivity index (χ0v) is 12.5. The van der Waals surface area contributed by atoms with Crippen LogP contribution in [0.3, 0.4) is 0 Å². The van der Waals surface area contributed by atoms with Crippen LogP contribution in [-0.2, 0) is 12.8 Å². The third-order valence-electron chi connectivity index (χ3n) is 4.81. The second-order valence-electron chi connectivity index (χ2n) is 6.41. The smallest absolute Gasteiger partial charge is 0.258 e. The van der Waals surface area contributed by atoms with E-state index in [-0.39, 0.29) is 5.91 Å². The number of rotatable bonds is 1. The molecule has 1 amide bonds. The Labute approximate surface area is 125 Å². The number of benzene rings is 1. The molecule has 1 unspecified atom stereocenters. The molecule has 0 aliphatic carbocycles. The number of fused-ring (bicyclic) bond motifs is 2. The molecule has 1 aromatic rings. The summed E-state index contributed by atoms with van der Waals surface area (Å²) in [5.74, 6) is 2.45. The van der Waals surface area contributed by atoms with Crippen LogP contribution >= 0.6 is 0 Å². The largest absolute Gasteiger partial charge is 0.493 e. The molecule has 0 radical (unpaired) electrons. The van der Waals surface area contributed by atoms with Crippen molar-refractivity contribution in [1.82, 2.24) is 4.90 Å². The van der Waals surface area contributed by atoms with Gasteiger partial charge in [0.2, 0.25) is 0 Å². The minimum absolute atomic E-state index is 0.141. The predicted molar refractivity (Wildman–Crippen MR) is 79.1 cm³/mol. The number of carbonyl (C=O) groups excluding carboxylic acids is 1. The Morgan fingerprint density at radius 1 is 1.29 bits per heavy atom. The number of amides is 1. The Kier molecular flexibility index (Phi) is 3.05. The van der Waals surface area contributed by atoms with Crippen LogP contribution in [0.4, 0.5) is 0 Å². The van der Waals surface area contributed by atoms with Crippen molar-refractivity contribution in [3.05, 3.63) is 22.8 Å². The van der Waals surface area contributed by atoms with E-state index in [0.717, 1.165) is 60.5 Å². The van der Waals surface area contributed by atoms with Crippen molar-refractivity contribution in [2.75, 3.05) is 26.3 Å². The molecule has 0 saturated carbocycles. The van der Waals surface area contributed by atoms with Gasteiger partial charge in [0, 0.05) is 37.1 Å². The SMILES string of the molecule is CC1CCCN(C(=O)c2c3c(cc4c2OCC4)OCC3)C1. The van der Waals surface area contributed by atoms with Gasteiger partial charge in [-0.1, -0.05) is 6.92 Å². The summed E-state index contributed by atoms with van der Waals surface area (Å²) in [5.41, 5.74) is 2.97. The molecule has 0 bridgehead atoms. The molecule has 3 aliphatic rings. The molecule has 0 spiro atoms. The summed E-state index contributed by atoms with van der Waals surface area (Å²) in [6.45, 7) is 5.29. The molecule has 3 aliphatic heterocycles. The van der Waals surface area contributed by atoms with Crippen LogP contribution in [0, 0.1) is 5.92 Å². The van der Waals surface area contributed by atoms with E-state index in [9.17, 15) is 4.79 Å². The zero-order valence-electron chi connectivity index (χ0n) is 12.5. The summed E-state index contributed by atoms with van der Waals surface area (Å²) in [6.07, 6.45) is 4.01. The highest BCUT2D eigenvalue weighted by molar-refractivity contribution is 6.00. The van der Waals surface area contributed by atoms with Crippen LogP contribution in [-0.4, -0.2) is 37.1 Å². The van der Waals surface area contributed by atoms with Crippen LogP contribution in [0.5, 0.6) is 11.5 Å². The summed E-state index contributed by atoms with van der Waals surface area (Å²) in [6, 6.07) is 2.07. The average molecular weight is 287 g/mol. The molecular weight excluding hydrogens is 266 g/mol. The highest BCUT2D eigenvalue weighted by Gasteiger charge is 2.33. The molecule has 4 heteroatoms. The molecule has 0 aromatic heterocycles. The average Bonchev–Trinajstić information content (AvgIpc) is 3.12. The van der Waals surface area contributed by atoms with Crippen LogP contribution < -0.4 is 9.47 Å². The van der Waals surface area contributed by atoms with Crippen molar-refractivity contribution in [1.29, 1.82) is 0 Å². The quantitative estimate of drug-likeness (QED) is 0.796. The number of nitrogens with zero attached hydrogens (tertiary/aromatic N) is 1.